The molecule has 6 heteroatoms. The van der Waals surface area contributed by atoms with Gasteiger partial charge in [-0.05, 0) is 59.2 Å². The molecule has 0 radical (unpaired) electrons. The molecule has 0 saturated carbocycles. The number of carbonyl (C=O) groups is 2. The van der Waals surface area contributed by atoms with Crippen LogP contribution in [0.2, 0.25) is 0 Å². The number of ketones is 2. The second-order valence-electron chi connectivity index (χ2n) is 7.70. The van der Waals surface area contributed by atoms with Crippen molar-refractivity contribution < 1.29 is 19.8 Å². The fourth-order valence-electron chi connectivity index (χ4n) is 4.05. The van der Waals surface area contributed by atoms with Gasteiger partial charge in [0.1, 0.15) is 11.5 Å². The van der Waals surface area contributed by atoms with Gasteiger partial charge in [-0.2, -0.15) is 0 Å². The summed E-state index contributed by atoms with van der Waals surface area (Å²) in [6, 6.07) is 20.0. The third kappa shape index (κ3) is 2.89. The van der Waals surface area contributed by atoms with Crippen LogP contribution in [0.25, 0.3) is 22.3 Å². The van der Waals surface area contributed by atoms with Crippen LogP contribution in [-0.4, -0.2) is 21.8 Å². The molecule has 0 fully saturated rings. The Morgan fingerprint density at radius 1 is 0.531 bits per heavy atom. The molecule has 6 nitrogen and oxygen atoms in total. The van der Waals surface area contributed by atoms with Crippen LogP contribution in [0.1, 0.15) is 31.8 Å². The summed E-state index contributed by atoms with van der Waals surface area (Å²) in [6.45, 7) is 0. The molecule has 0 aromatic heterocycles. The van der Waals surface area contributed by atoms with E-state index in [2.05, 4.69) is 0 Å². The van der Waals surface area contributed by atoms with E-state index in [9.17, 15) is 19.8 Å². The number of anilines is 2. The Balaban J connectivity index is 1.67. The van der Waals surface area contributed by atoms with E-state index in [1.54, 1.807) is 54.6 Å². The van der Waals surface area contributed by atoms with E-state index in [-0.39, 0.29) is 39.3 Å². The lowest BCUT2D eigenvalue weighted by Crippen LogP contribution is -2.21. The molecular formula is C26H18N2O4. The minimum Gasteiger partial charge on any atom is -0.507 e. The van der Waals surface area contributed by atoms with E-state index in [0.29, 0.717) is 16.9 Å². The highest BCUT2D eigenvalue weighted by Crippen LogP contribution is 2.44. The molecule has 5 rings (SSSR count). The van der Waals surface area contributed by atoms with E-state index < -0.39 is 11.6 Å². The first-order valence-corrected chi connectivity index (χ1v) is 9.89. The summed E-state index contributed by atoms with van der Waals surface area (Å²) in [4.78, 5) is 26.6. The van der Waals surface area contributed by atoms with Gasteiger partial charge in [0.05, 0.1) is 11.1 Å². The van der Waals surface area contributed by atoms with Crippen LogP contribution in [0.15, 0.2) is 72.8 Å². The third-order valence-electron chi connectivity index (χ3n) is 5.71. The molecule has 4 aromatic carbocycles. The molecule has 0 saturated heterocycles. The first-order valence-electron chi connectivity index (χ1n) is 9.89. The van der Waals surface area contributed by atoms with Gasteiger partial charge in [-0.1, -0.05) is 30.3 Å². The number of hydrogen-bond acceptors (Lipinski definition) is 6. The number of aromatic hydroxyl groups is 2. The highest BCUT2D eigenvalue weighted by molar-refractivity contribution is 6.31. The predicted octanol–water partition coefficient (Wildman–Crippen LogP) is 4.37. The zero-order chi connectivity index (χ0) is 22.6. The summed E-state index contributed by atoms with van der Waals surface area (Å²) in [5.41, 5.74) is 14.9. The van der Waals surface area contributed by atoms with Crippen LogP contribution in [0, 0.1) is 0 Å². The molecule has 6 N–H and O–H groups in total. The van der Waals surface area contributed by atoms with Crippen molar-refractivity contribution in [3.05, 3.63) is 95.1 Å². The Labute approximate surface area is 183 Å². The zero-order valence-electron chi connectivity index (χ0n) is 16.8. The Bertz CT molecular complexity index is 1420. The van der Waals surface area contributed by atoms with Gasteiger partial charge in [-0.3, -0.25) is 9.59 Å². The molecule has 156 valence electrons. The monoisotopic (exact) mass is 422 g/mol. The first-order chi connectivity index (χ1) is 15.3. The van der Waals surface area contributed by atoms with Crippen molar-refractivity contribution in [3.8, 4) is 33.8 Å². The van der Waals surface area contributed by atoms with Gasteiger partial charge < -0.3 is 21.7 Å². The maximum atomic E-state index is 13.3. The number of nitrogen functional groups attached to an aromatic ring is 2. The van der Waals surface area contributed by atoms with Gasteiger partial charge in [0.15, 0.2) is 11.6 Å². The zero-order valence-corrected chi connectivity index (χ0v) is 16.8. The van der Waals surface area contributed by atoms with Crippen molar-refractivity contribution >= 4 is 22.9 Å². The van der Waals surface area contributed by atoms with Crippen molar-refractivity contribution in [2.45, 2.75) is 0 Å². The Morgan fingerprint density at radius 2 is 1.06 bits per heavy atom. The van der Waals surface area contributed by atoms with Gasteiger partial charge in [-0.15, -0.1) is 0 Å². The standard InChI is InChI=1S/C26H18N2O4/c27-16-6-1-13(2-7-16)15-5-10-18-20(11-15)26(32)22-21(29)12-19(25(31)23(22)24(18)30)14-3-8-17(28)9-4-14/h1-12,29,31H,27-28H2. The molecule has 0 amide bonds. The van der Waals surface area contributed by atoms with Crippen molar-refractivity contribution in [3.63, 3.8) is 0 Å². The van der Waals surface area contributed by atoms with Gasteiger partial charge in [0.25, 0.3) is 0 Å². The number of rotatable bonds is 2. The predicted molar refractivity (Wildman–Crippen MR) is 123 cm³/mol. The van der Waals surface area contributed by atoms with Crippen molar-refractivity contribution in [2.24, 2.45) is 0 Å². The maximum Gasteiger partial charge on any atom is 0.198 e. The van der Waals surface area contributed by atoms with Gasteiger partial charge >= 0.3 is 0 Å². The molecule has 0 spiro atoms. The van der Waals surface area contributed by atoms with Crippen LogP contribution < -0.4 is 11.5 Å². The molecule has 32 heavy (non-hydrogen) atoms. The second-order valence-corrected chi connectivity index (χ2v) is 7.70. The molecule has 0 atom stereocenters. The van der Waals surface area contributed by atoms with E-state index in [4.69, 9.17) is 11.5 Å². The molecule has 0 bridgehead atoms. The number of carbonyl (C=O) groups excluding carboxylic acids is 2. The largest absolute Gasteiger partial charge is 0.507 e. The topological polar surface area (TPSA) is 127 Å². The quantitative estimate of drug-likeness (QED) is 0.247. The lowest BCUT2D eigenvalue weighted by atomic mass is 9.80. The van der Waals surface area contributed by atoms with E-state index in [0.717, 1.165) is 11.1 Å². The highest BCUT2D eigenvalue weighted by atomic mass is 16.3. The van der Waals surface area contributed by atoms with Crippen LogP contribution in [0.3, 0.4) is 0 Å². The number of fused-ring (bicyclic) bond motifs is 2. The number of nitrogens with two attached hydrogens (primary N) is 2. The summed E-state index contributed by atoms with van der Waals surface area (Å²) < 4.78 is 0. The van der Waals surface area contributed by atoms with Gasteiger partial charge in [-0.25, -0.2) is 0 Å². The number of benzene rings is 4. The van der Waals surface area contributed by atoms with Crippen molar-refractivity contribution in [1.29, 1.82) is 0 Å². The smallest absolute Gasteiger partial charge is 0.198 e. The summed E-state index contributed by atoms with van der Waals surface area (Å²) in [5.74, 6) is -1.77. The van der Waals surface area contributed by atoms with Crippen LogP contribution in [-0.2, 0) is 0 Å². The molecule has 1 aliphatic rings. The van der Waals surface area contributed by atoms with Crippen LogP contribution in [0.4, 0.5) is 11.4 Å². The summed E-state index contributed by atoms with van der Waals surface area (Å²) in [7, 11) is 0. The normalized spacial score (nSPS) is 12.4. The summed E-state index contributed by atoms with van der Waals surface area (Å²) >= 11 is 0. The molecule has 4 aromatic rings. The first kappa shape index (κ1) is 19.4. The lowest BCUT2D eigenvalue weighted by molar-refractivity contribution is 0.0974. The minimum absolute atomic E-state index is 0.172. The van der Waals surface area contributed by atoms with Gasteiger partial charge in [0.2, 0.25) is 0 Å². The van der Waals surface area contributed by atoms with E-state index in [1.807, 2.05) is 12.1 Å². The van der Waals surface area contributed by atoms with Crippen molar-refractivity contribution in [2.75, 3.05) is 11.5 Å². The molecular weight excluding hydrogens is 404 g/mol. The number of phenolic OH excluding ortho intramolecular Hbond substituents is 2. The lowest BCUT2D eigenvalue weighted by Gasteiger charge is -2.22. The van der Waals surface area contributed by atoms with Crippen LogP contribution >= 0.6 is 0 Å². The molecule has 0 unspecified atom stereocenters. The average molecular weight is 422 g/mol. The molecule has 1 aliphatic carbocycles. The fourth-order valence-corrected chi connectivity index (χ4v) is 4.05. The average Bonchev–Trinajstić information content (AvgIpc) is 2.79. The highest BCUT2D eigenvalue weighted by Gasteiger charge is 2.36. The molecule has 0 aliphatic heterocycles. The number of phenols is 2. The fraction of sp³-hybridized carbons (Fsp3) is 0. The Kier molecular flexibility index (Phi) is 4.23. The minimum atomic E-state index is -0.524. The maximum absolute atomic E-state index is 13.3. The van der Waals surface area contributed by atoms with Gasteiger partial charge in [0, 0.05) is 28.1 Å². The summed E-state index contributed by atoms with van der Waals surface area (Å²) in [5, 5.41) is 21.6. The van der Waals surface area contributed by atoms with Crippen molar-refractivity contribution in [1.82, 2.24) is 0 Å². The van der Waals surface area contributed by atoms with E-state index in [1.165, 1.54) is 6.07 Å². The Hall–Kier alpha value is -4.58. The van der Waals surface area contributed by atoms with E-state index >= 15 is 0 Å². The Morgan fingerprint density at radius 3 is 1.69 bits per heavy atom. The SMILES string of the molecule is Nc1ccc(-c2ccc3c(c2)C(=O)c2c(O)cc(-c4ccc(N)cc4)c(O)c2C3=O)cc1. The third-order valence-corrected chi connectivity index (χ3v) is 5.71. The van der Waals surface area contributed by atoms with Crippen LogP contribution in [0.5, 0.6) is 11.5 Å². The second kappa shape index (κ2) is 6.99. The molecule has 0 heterocycles. The number of hydrogen-bond donors (Lipinski definition) is 4. The summed E-state index contributed by atoms with van der Waals surface area (Å²) in [6.07, 6.45) is 0.